The van der Waals surface area contributed by atoms with Gasteiger partial charge in [-0.3, -0.25) is 0 Å². The molecule has 8 heteroatoms. The third-order valence-electron chi connectivity index (χ3n) is 7.02. The van der Waals surface area contributed by atoms with Gasteiger partial charge < -0.3 is 14.5 Å². The van der Waals surface area contributed by atoms with E-state index >= 15 is 0 Å². The third-order valence-corrected chi connectivity index (χ3v) is 7.52. The molecule has 0 aliphatic carbocycles. The Labute approximate surface area is 223 Å². The number of aromatic nitrogens is 5. The van der Waals surface area contributed by atoms with E-state index in [1.165, 1.54) is 23.0 Å². The fraction of sp³-hybridized carbons (Fsp3) is 0.276. The van der Waals surface area contributed by atoms with Crippen molar-refractivity contribution in [2.24, 2.45) is 0 Å². The summed E-state index contributed by atoms with van der Waals surface area (Å²) in [4.78, 5) is 14.4. The number of unbranched alkanes of at least 4 members (excludes halogenated alkanes) is 1. The number of hydrogen-bond acceptors (Lipinski definition) is 4. The van der Waals surface area contributed by atoms with Crippen LogP contribution in [0.3, 0.4) is 0 Å². The quantitative estimate of drug-likeness (QED) is 0.203. The second-order valence-electron chi connectivity index (χ2n) is 9.51. The largest absolute Gasteiger partial charge is 0.354 e. The highest BCUT2D eigenvalue weighted by Gasteiger charge is 2.31. The summed E-state index contributed by atoms with van der Waals surface area (Å²) in [5.74, 6) is 1.39. The van der Waals surface area contributed by atoms with Gasteiger partial charge in [-0.05, 0) is 66.8 Å². The molecule has 5 aromatic rings. The average molecular weight is 559 g/mol. The molecule has 6 nitrogen and oxygen atoms in total. The van der Waals surface area contributed by atoms with Gasteiger partial charge in [0.05, 0.1) is 23.1 Å². The Morgan fingerprint density at radius 1 is 1.08 bits per heavy atom. The molecule has 4 heterocycles. The minimum atomic E-state index is -0.259. The number of imidazole rings is 1. The minimum absolute atomic E-state index is 0.216. The summed E-state index contributed by atoms with van der Waals surface area (Å²) in [5, 5.41) is 4.57. The maximum absolute atomic E-state index is 13.8. The van der Waals surface area contributed by atoms with E-state index < -0.39 is 0 Å². The number of hydrogen-bond donors (Lipinski definition) is 1. The number of aryl methyl sites for hydroxylation is 1. The summed E-state index contributed by atoms with van der Waals surface area (Å²) in [6.45, 7) is 3.82. The molecule has 1 N–H and O–H groups in total. The number of fused-ring (bicyclic) bond motifs is 2. The van der Waals surface area contributed by atoms with E-state index in [1.54, 1.807) is 18.3 Å². The minimum Gasteiger partial charge on any atom is -0.354 e. The molecule has 1 atom stereocenters. The Morgan fingerprint density at radius 2 is 1.95 bits per heavy atom. The average Bonchev–Trinajstić information content (AvgIpc) is 3.59. The molecule has 0 fully saturated rings. The molecular weight excluding hydrogens is 531 g/mol. The first kappa shape index (κ1) is 23.9. The van der Waals surface area contributed by atoms with Gasteiger partial charge in [0.2, 0.25) is 5.95 Å². The Kier molecular flexibility index (Phi) is 6.50. The number of nitrogens with zero attached hydrogens (tertiary/aromatic N) is 5. The molecule has 6 rings (SSSR count). The fourth-order valence-electron chi connectivity index (χ4n) is 5.20. The highest BCUT2D eigenvalue weighted by molar-refractivity contribution is 9.10. The van der Waals surface area contributed by atoms with E-state index in [4.69, 9.17) is 9.97 Å². The molecule has 188 valence electrons. The van der Waals surface area contributed by atoms with Crippen LogP contribution in [0.1, 0.15) is 38.1 Å². The molecule has 0 radical (unpaired) electrons. The van der Waals surface area contributed by atoms with Crippen molar-refractivity contribution < 1.29 is 4.39 Å². The number of nitrogens with one attached hydrogen (secondary N) is 1. The van der Waals surface area contributed by atoms with Crippen molar-refractivity contribution in [2.45, 2.75) is 45.2 Å². The van der Waals surface area contributed by atoms with Gasteiger partial charge >= 0.3 is 0 Å². The maximum Gasteiger partial charge on any atom is 0.223 e. The zero-order valence-electron chi connectivity index (χ0n) is 20.7. The molecule has 0 amide bonds. The van der Waals surface area contributed by atoms with Crippen molar-refractivity contribution in [2.75, 3.05) is 11.9 Å². The number of rotatable bonds is 8. The van der Waals surface area contributed by atoms with Gasteiger partial charge in [0.1, 0.15) is 11.6 Å². The summed E-state index contributed by atoms with van der Waals surface area (Å²) < 4.78 is 19.5. The van der Waals surface area contributed by atoms with Crippen molar-refractivity contribution in [3.8, 4) is 22.6 Å². The van der Waals surface area contributed by atoms with Crippen LogP contribution in [0.15, 0.2) is 71.5 Å². The van der Waals surface area contributed by atoms with Gasteiger partial charge in [0.15, 0.2) is 0 Å². The summed E-state index contributed by atoms with van der Waals surface area (Å²) in [5.41, 5.74) is 4.69. The van der Waals surface area contributed by atoms with Gasteiger partial charge in [0, 0.05) is 47.5 Å². The molecule has 1 aliphatic rings. The van der Waals surface area contributed by atoms with Crippen molar-refractivity contribution in [1.82, 2.24) is 24.1 Å². The van der Waals surface area contributed by atoms with E-state index in [1.807, 2.05) is 6.07 Å². The monoisotopic (exact) mass is 558 g/mol. The Hall–Kier alpha value is -3.52. The first-order valence-corrected chi connectivity index (χ1v) is 13.6. The van der Waals surface area contributed by atoms with Crippen molar-refractivity contribution >= 4 is 32.8 Å². The van der Waals surface area contributed by atoms with E-state index in [-0.39, 0.29) is 11.9 Å². The molecule has 2 aromatic carbocycles. The second kappa shape index (κ2) is 10.1. The lowest BCUT2D eigenvalue weighted by Crippen LogP contribution is -2.14. The van der Waals surface area contributed by atoms with E-state index in [0.29, 0.717) is 5.95 Å². The third kappa shape index (κ3) is 4.66. The maximum atomic E-state index is 13.8. The topological polar surface area (TPSA) is 60.6 Å². The molecule has 1 unspecified atom stereocenters. The zero-order valence-corrected chi connectivity index (χ0v) is 22.2. The molecule has 0 saturated heterocycles. The van der Waals surface area contributed by atoms with Crippen LogP contribution < -0.4 is 5.32 Å². The van der Waals surface area contributed by atoms with Crippen LogP contribution in [0.4, 0.5) is 10.3 Å². The van der Waals surface area contributed by atoms with Crippen LogP contribution >= 0.6 is 15.9 Å². The van der Waals surface area contributed by atoms with E-state index in [0.717, 1.165) is 71.7 Å². The summed E-state index contributed by atoms with van der Waals surface area (Å²) in [6.07, 6.45) is 8.00. The zero-order chi connectivity index (χ0) is 25.4. The van der Waals surface area contributed by atoms with E-state index in [2.05, 4.69) is 72.8 Å². The first-order chi connectivity index (χ1) is 18.1. The van der Waals surface area contributed by atoms with Gasteiger partial charge in [-0.15, -0.1) is 0 Å². The molecule has 3 aromatic heterocycles. The molecule has 0 saturated carbocycles. The number of benzene rings is 2. The molecular formula is C29H28BrFN6. The predicted molar refractivity (Wildman–Crippen MR) is 149 cm³/mol. The van der Waals surface area contributed by atoms with Crippen LogP contribution in [-0.4, -0.2) is 30.6 Å². The second-order valence-corrected chi connectivity index (χ2v) is 10.4. The lowest BCUT2D eigenvalue weighted by Gasteiger charge is -2.19. The Bertz CT molecular complexity index is 1550. The molecule has 37 heavy (non-hydrogen) atoms. The molecule has 1 aliphatic heterocycles. The molecule has 0 spiro atoms. The van der Waals surface area contributed by atoms with Gasteiger partial charge in [-0.25, -0.2) is 19.3 Å². The fourth-order valence-corrected chi connectivity index (χ4v) is 5.55. The first-order valence-electron chi connectivity index (χ1n) is 12.8. The lowest BCUT2D eigenvalue weighted by atomic mass is 10.1. The number of anilines is 1. The highest BCUT2D eigenvalue weighted by Crippen LogP contribution is 2.40. The summed E-state index contributed by atoms with van der Waals surface area (Å²) in [6, 6.07) is 17.3. The normalized spacial score (nSPS) is 14.8. The highest BCUT2D eigenvalue weighted by atomic mass is 79.9. The number of halogens is 2. The standard InChI is InChI=1S/C29H28BrFN6/c1-2-3-14-32-29-33-15-12-24(34-29)28-27(20-5-8-22(31)9-6-20)35-26-11-10-23(37(26)28)18-36-16-13-19-4-7-21(30)17-25(19)36/h4-9,12-13,15-17,23H,2-3,10-11,14,18H2,1H3,(H,32,33,34). The van der Waals surface area contributed by atoms with Crippen LogP contribution in [0.5, 0.6) is 0 Å². The van der Waals surface area contributed by atoms with Gasteiger partial charge in [-0.1, -0.05) is 35.3 Å². The van der Waals surface area contributed by atoms with Gasteiger partial charge in [-0.2, -0.15) is 0 Å². The van der Waals surface area contributed by atoms with Crippen LogP contribution in [0, 0.1) is 5.82 Å². The van der Waals surface area contributed by atoms with Crippen LogP contribution in [0.2, 0.25) is 0 Å². The molecule has 0 bridgehead atoms. The summed E-state index contributed by atoms with van der Waals surface area (Å²) >= 11 is 3.62. The van der Waals surface area contributed by atoms with E-state index in [9.17, 15) is 4.39 Å². The van der Waals surface area contributed by atoms with Crippen LogP contribution in [0.25, 0.3) is 33.5 Å². The Morgan fingerprint density at radius 3 is 2.78 bits per heavy atom. The van der Waals surface area contributed by atoms with Gasteiger partial charge in [0.25, 0.3) is 0 Å². The lowest BCUT2D eigenvalue weighted by molar-refractivity contribution is 0.459. The predicted octanol–water partition coefficient (Wildman–Crippen LogP) is 7.26. The Balaban J connectivity index is 1.44. The summed E-state index contributed by atoms with van der Waals surface area (Å²) in [7, 11) is 0. The smallest absolute Gasteiger partial charge is 0.223 e. The van der Waals surface area contributed by atoms with Crippen molar-refractivity contribution in [3.63, 3.8) is 0 Å². The van der Waals surface area contributed by atoms with Crippen LogP contribution in [-0.2, 0) is 13.0 Å². The SMILES string of the molecule is CCCCNc1nccc(-c2c(-c3ccc(F)cc3)nc3n2C(Cn2ccc4ccc(Br)cc42)CC3)n1. The van der Waals surface area contributed by atoms with Crippen molar-refractivity contribution in [3.05, 3.63) is 83.1 Å². The van der Waals surface area contributed by atoms with Crippen molar-refractivity contribution in [1.29, 1.82) is 0 Å².